The molecule has 20 heavy (non-hydrogen) atoms. The van der Waals surface area contributed by atoms with Crippen LogP contribution in [0, 0.1) is 26.6 Å². The maximum atomic E-state index is 13.5. The molecule has 0 spiro atoms. The van der Waals surface area contributed by atoms with Gasteiger partial charge in [0.25, 0.3) is 0 Å². The summed E-state index contributed by atoms with van der Waals surface area (Å²) >= 11 is 5.27. The summed E-state index contributed by atoms with van der Waals surface area (Å²) in [4.78, 5) is 0. The van der Waals surface area contributed by atoms with E-state index in [1.807, 2.05) is 32.0 Å². The molecule has 0 heterocycles. The van der Waals surface area contributed by atoms with Crippen LogP contribution in [0.3, 0.4) is 0 Å². The highest BCUT2D eigenvalue weighted by Crippen LogP contribution is 2.20. The number of halogens is 1. The van der Waals surface area contributed by atoms with Crippen molar-refractivity contribution in [3.05, 3.63) is 58.9 Å². The van der Waals surface area contributed by atoms with E-state index in [-0.39, 0.29) is 5.82 Å². The summed E-state index contributed by atoms with van der Waals surface area (Å²) in [6.45, 7) is 5.76. The average molecular weight is 288 g/mol. The monoisotopic (exact) mass is 288 g/mol. The molecule has 0 unspecified atom stereocenters. The smallest absolute Gasteiger partial charge is 0.175 e. The molecule has 4 heteroatoms. The Hall–Kier alpha value is -1.94. The number of anilines is 2. The van der Waals surface area contributed by atoms with Gasteiger partial charge in [-0.3, -0.25) is 0 Å². The lowest BCUT2D eigenvalue weighted by Crippen LogP contribution is -2.20. The Kier molecular flexibility index (Phi) is 4.35. The average Bonchev–Trinajstić information content (AvgIpc) is 2.38. The second-order valence-electron chi connectivity index (χ2n) is 4.81. The molecule has 0 aliphatic rings. The van der Waals surface area contributed by atoms with Gasteiger partial charge >= 0.3 is 0 Å². The van der Waals surface area contributed by atoms with E-state index in [1.165, 1.54) is 6.07 Å². The number of hydrogen-bond donors (Lipinski definition) is 2. The predicted molar refractivity (Wildman–Crippen MR) is 86.9 cm³/mol. The lowest BCUT2D eigenvalue weighted by Gasteiger charge is -2.15. The first kappa shape index (κ1) is 14.5. The van der Waals surface area contributed by atoms with Gasteiger partial charge in [-0.1, -0.05) is 24.3 Å². The van der Waals surface area contributed by atoms with Crippen LogP contribution >= 0.6 is 12.2 Å². The van der Waals surface area contributed by atoms with Crippen molar-refractivity contribution in [2.75, 3.05) is 10.6 Å². The molecule has 0 saturated heterocycles. The van der Waals surface area contributed by atoms with Gasteiger partial charge in [0.15, 0.2) is 5.11 Å². The van der Waals surface area contributed by atoms with Crippen LogP contribution in [-0.2, 0) is 0 Å². The Morgan fingerprint density at radius 1 is 0.950 bits per heavy atom. The van der Waals surface area contributed by atoms with Crippen LogP contribution in [0.1, 0.15) is 16.7 Å². The Balaban J connectivity index is 2.11. The number of rotatable bonds is 2. The second-order valence-corrected chi connectivity index (χ2v) is 5.22. The lowest BCUT2D eigenvalue weighted by molar-refractivity contribution is 0.619. The van der Waals surface area contributed by atoms with Gasteiger partial charge in [0, 0.05) is 11.4 Å². The number of benzene rings is 2. The van der Waals surface area contributed by atoms with Crippen molar-refractivity contribution in [3.8, 4) is 0 Å². The van der Waals surface area contributed by atoms with E-state index in [4.69, 9.17) is 12.2 Å². The van der Waals surface area contributed by atoms with Gasteiger partial charge in [0.05, 0.1) is 0 Å². The first-order chi connectivity index (χ1) is 9.47. The molecule has 104 valence electrons. The molecule has 0 aromatic heterocycles. The molecular formula is C16H17FN2S. The third kappa shape index (κ3) is 3.33. The van der Waals surface area contributed by atoms with Gasteiger partial charge in [-0.15, -0.1) is 0 Å². The molecule has 0 fully saturated rings. The topological polar surface area (TPSA) is 24.1 Å². The lowest BCUT2D eigenvalue weighted by atomic mass is 10.1. The fourth-order valence-corrected chi connectivity index (χ4v) is 2.18. The van der Waals surface area contributed by atoms with Crippen LogP contribution < -0.4 is 10.6 Å². The van der Waals surface area contributed by atoms with E-state index < -0.39 is 0 Å². The van der Waals surface area contributed by atoms with Gasteiger partial charge in [0.2, 0.25) is 0 Å². The highest BCUT2D eigenvalue weighted by molar-refractivity contribution is 7.80. The normalized spacial score (nSPS) is 10.2. The predicted octanol–water partition coefficient (Wildman–Crippen LogP) is 4.56. The van der Waals surface area contributed by atoms with Gasteiger partial charge in [-0.05, 0) is 61.8 Å². The summed E-state index contributed by atoms with van der Waals surface area (Å²) in [5.74, 6) is -0.245. The van der Waals surface area contributed by atoms with Crippen LogP contribution in [0.5, 0.6) is 0 Å². The van der Waals surface area contributed by atoms with Crippen molar-refractivity contribution < 1.29 is 4.39 Å². The van der Waals surface area contributed by atoms with Crippen LogP contribution in [0.4, 0.5) is 15.8 Å². The minimum absolute atomic E-state index is 0.245. The number of thiocarbonyl (C=S) groups is 1. The highest BCUT2D eigenvalue weighted by Gasteiger charge is 2.05. The summed E-state index contributed by atoms with van der Waals surface area (Å²) in [6.07, 6.45) is 0. The largest absolute Gasteiger partial charge is 0.332 e. The zero-order valence-electron chi connectivity index (χ0n) is 11.8. The van der Waals surface area contributed by atoms with Crippen molar-refractivity contribution in [1.29, 1.82) is 0 Å². The molecule has 2 aromatic carbocycles. The van der Waals surface area contributed by atoms with Gasteiger partial charge < -0.3 is 10.6 Å². The maximum Gasteiger partial charge on any atom is 0.175 e. The molecule has 2 nitrogen and oxygen atoms in total. The third-order valence-corrected chi connectivity index (χ3v) is 3.35. The summed E-state index contributed by atoms with van der Waals surface area (Å²) in [7, 11) is 0. The number of aryl methyl sites for hydroxylation is 3. The molecule has 0 bridgehead atoms. The van der Waals surface area contributed by atoms with E-state index in [9.17, 15) is 4.39 Å². The molecule has 0 aliphatic carbocycles. The van der Waals surface area contributed by atoms with Crippen molar-refractivity contribution >= 4 is 28.7 Å². The third-order valence-electron chi connectivity index (χ3n) is 3.15. The zero-order chi connectivity index (χ0) is 14.7. The molecule has 0 amide bonds. The summed E-state index contributed by atoms with van der Waals surface area (Å²) in [5, 5.41) is 6.60. The summed E-state index contributed by atoms with van der Waals surface area (Å²) < 4.78 is 13.5. The van der Waals surface area contributed by atoms with Gasteiger partial charge in [-0.2, -0.15) is 0 Å². The molecule has 0 radical (unpaired) electrons. The Bertz CT molecular complexity index is 633. The Morgan fingerprint density at radius 3 is 2.20 bits per heavy atom. The number of para-hydroxylation sites is 1. The molecule has 2 aromatic rings. The highest BCUT2D eigenvalue weighted by atomic mass is 32.1. The van der Waals surface area contributed by atoms with Crippen LogP contribution in [0.25, 0.3) is 0 Å². The number of hydrogen-bond acceptors (Lipinski definition) is 1. The van der Waals surface area contributed by atoms with Crippen molar-refractivity contribution in [3.63, 3.8) is 0 Å². The second kappa shape index (κ2) is 6.01. The van der Waals surface area contributed by atoms with Gasteiger partial charge in [-0.25, -0.2) is 4.39 Å². The van der Waals surface area contributed by atoms with Crippen molar-refractivity contribution in [2.45, 2.75) is 20.8 Å². The first-order valence-electron chi connectivity index (χ1n) is 6.38. The Morgan fingerprint density at radius 2 is 1.60 bits per heavy atom. The minimum Gasteiger partial charge on any atom is -0.332 e. The SMILES string of the molecule is Cc1ccc(NC(=S)Nc2c(C)cccc2C)cc1F. The molecule has 0 saturated carbocycles. The quantitative estimate of drug-likeness (QED) is 0.792. The van der Waals surface area contributed by atoms with Crippen LogP contribution in [0.15, 0.2) is 36.4 Å². The zero-order valence-corrected chi connectivity index (χ0v) is 12.6. The van der Waals surface area contributed by atoms with Crippen LogP contribution in [0.2, 0.25) is 0 Å². The van der Waals surface area contributed by atoms with E-state index in [0.29, 0.717) is 16.4 Å². The molecule has 0 atom stereocenters. The van der Waals surface area contributed by atoms with Crippen molar-refractivity contribution in [2.24, 2.45) is 0 Å². The van der Waals surface area contributed by atoms with E-state index in [1.54, 1.807) is 19.1 Å². The van der Waals surface area contributed by atoms with Crippen LogP contribution in [-0.4, -0.2) is 5.11 Å². The first-order valence-corrected chi connectivity index (χ1v) is 6.78. The Labute approximate surface area is 124 Å². The molecule has 2 rings (SSSR count). The molecule has 0 aliphatic heterocycles. The standard InChI is InChI=1S/C16H17FN2S/c1-10-7-8-13(9-14(10)17)18-16(20)19-15-11(2)5-4-6-12(15)3/h4-9H,1-3H3,(H2,18,19,20). The molecular weight excluding hydrogens is 271 g/mol. The minimum atomic E-state index is -0.245. The fourth-order valence-electron chi connectivity index (χ4n) is 1.96. The van der Waals surface area contributed by atoms with E-state index in [0.717, 1.165) is 16.8 Å². The van der Waals surface area contributed by atoms with E-state index >= 15 is 0 Å². The molecule has 2 N–H and O–H groups in total. The van der Waals surface area contributed by atoms with E-state index in [2.05, 4.69) is 10.6 Å². The number of nitrogens with one attached hydrogen (secondary N) is 2. The van der Waals surface area contributed by atoms with Crippen molar-refractivity contribution in [1.82, 2.24) is 0 Å². The summed E-state index contributed by atoms with van der Waals surface area (Å²) in [6, 6.07) is 11.0. The van der Waals surface area contributed by atoms with Gasteiger partial charge in [0.1, 0.15) is 5.82 Å². The summed E-state index contributed by atoms with van der Waals surface area (Å²) in [5.41, 5.74) is 4.46. The fraction of sp³-hybridized carbons (Fsp3) is 0.188. The maximum absolute atomic E-state index is 13.5.